The zero-order chi connectivity index (χ0) is 103. The van der Waals surface area contributed by atoms with Crippen molar-refractivity contribution in [1.82, 2.24) is 16.0 Å². The van der Waals surface area contributed by atoms with Crippen molar-refractivity contribution < 1.29 is 120 Å². The predicted octanol–water partition coefficient (Wildman–Crippen LogP) is 19.7. The first-order valence-corrected chi connectivity index (χ1v) is 53.2. The third kappa shape index (κ3) is 19.7. The van der Waals surface area contributed by atoms with Crippen LogP contribution in [0.4, 0.5) is 50.4 Å². The molecule has 1 atom stereocenters. The number of carbonyl (C=O) groups excluding carboxylic acids is 3. The fourth-order valence-electron chi connectivity index (χ4n) is 17.9. The Bertz CT molecular complexity index is 8420. The molecule has 5 aromatic heterocycles. The van der Waals surface area contributed by atoms with Crippen LogP contribution >= 0.6 is 0 Å². The van der Waals surface area contributed by atoms with Gasteiger partial charge in [0.15, 0.2) is 0 Å². The molecule has 15 aromatic rings. The topological polar surface area (TPSA) is 414 Å². The van der Waals surface area contributed by atoms with Crippen LogP contribution < -0.4 is 37.5 Å². The number of hydrogen-bond acceptors (Lipinski definition) is 20. The summed E-state index contributed by atoms with van der Waals surface area (Å²) in [6.45, 7) is 15.2. The average molecular weight is 2050 g/mol. The Balaban J connectivity index is 0.000000128. The second kappa shape index (κ2) is 38.6. The number of carboxylic acids is 2. The van der Waals surface area contributed by atoms with Gasteiger partial charge in [-0.05, 0) is 219 Å². The highest BCUT2D eigenvalue weighted by Crippen LogP contribution is 2.50. The van der Waals surface area contributed by atoms with Gasteiger partial charge in [0.1, 0.15) is 96.9 Å². The first kappa shape index (κ1) is 101. The summed E-state index contributed by atoms with van der Waals surface area (Å²) in [5.74, 6) is -4.27. The number of aromatic carboxylic acids is 2. The van der Waals surface area contributed by atoms with E-state index >= 15 is 0 Å². The third-order valence-corrected chi connectivity index (χ3v) is 30.8. The van der Waals surface area contributed by atoms with Crippen LogP contribution in [0.25, 0.3) is 134 Å². The van der Waals surface area contributed by atoms with Crippen molar-refractivity contribution in [2.45, 2.75) is 46.0 Å². The second-order valence-corrected chi connectivity index (χ2v) is 44.1. The van der Waals surface area contributed by atoms with E-state index in [-0.39, 0.29) is 82.9 Å². The van der Waals surface area contributed by atoms with E-state index in [1.807, 2.05) is 32.9 Å². The van der Waals surface area contributed by atoms with Crippen molar-refractivity contribution in [3.05, 3.63) is 292 Å². The number of anilines is 5. The van der Waals surface area contributed by atoms with Gasteiger partial charge in [0.25, 0.3) is 17.7 Å². The standard InChI is InChI=1S/C21H21FN2O4S.2C21H19FN2O4S.2C20H16FNO5S/c3*1-12-8-9-24(29(3,26)27)17-11-18-16(10-15(12)17)19(21(25)23-2)20(28-18)13-4-6-14(22)7-5-13;2*1-11-7-8-22(28(2,25)26)16-10-17-15(9-14(11)16)18(20(23)24)19(27-17)12-3-5-13(21)6-4-12/h4-7,10-12H,8-9H2,1-3H3,(H,23,25);4-8,10-11H,9H2,1-3H3,(H,23,25);4-7,10-11H,1,8-9H2,2-3H3,(H,23,25);3-7,9-10H,8H2,1-2H3,(H,23,24);3-6,9-10H,1,7-8H2,2H3,(H,23,24). The van der Waals surface area contributed by atoms with Gasteiger partial charge in [0, 0.05) is 148 Å². The van der Waals surface area contributed by atoms with E-state index in [1.165, 1.54) is 164 Å². The van der Waals surface area contributed by atoms with Gasteiger partial charge in [0.2, 0.25) is 50.1 Å². The number of furan rings is 5. The summed E-state index contributed by atoms with van der Waals surface area (Å²) in [7, 11) is -12.9. The molecule has 0 saturated heterocycles. The van der Waals surface area contributed by atoms with Crippen molar-refractivity contribution in [1.29, 1.82) is 0 Å². The van der Waals surface area contributed by atoms with Crippen molar-refractivity contribution in [3.63, 3.8) is 0 Å². The molecule has 0 spiro atoms. The van der Waals surface area contributed by atoms with Crippen LogP contribution in [0.15, 0.2) is 229 Å². The number of nitrogens with one attached hydrogen (secondary N) is 3. The molecule has 30 nitrogen and oxygen atoms in total. The van der Waals surface area contributed by atoms with Gasteiger partial charge in [-0.25, -0.2) is 73.6 Å². The molecule has 0 bridgehead atoms. The number of halogens is 5. The Labute approximate surface area is 817 Å². The summed E-state index contributed by atoms with van der Waals surface area (Å²) in [4.78, 5) is 61.9. The number of carboxylic acid groups (broad SMARTS) is 2. The molecule has 0 fully saturated rings. The Morgan fingerprint density at radius 2 is 0.566 bits per heavy atom. The van der Waals surface area contributed by atoms with Crippen molar-refractivity contribution in [3.8, 4) is 56.6 Å². The predicted molar refractivity (Wildman–Crippen MR) is 541 cm³/mol. The highest BCUT2D eigenvalue weighted by Gasteiger charge is 2.38. The first-order valence-electron chi connectivity index (χ1n) is 44.0. The largest absolute Gasteiger partial charge is 0.478 e. The van der Waals surface area contributed by atoms with Gasteiger partial charge in [0.05, 0.1) is 89.5 Å². The molecular weight excluding hydrogens is 1960 g/mol. The zero-order valence-electron chi connectivity index (χ0n) is 78.4. The maximum Gasteiger partial charge on any atom is 0.340 e. The Hall–Kier alpha value is -15.4. The third-order valence-electron chi connectivity index (χ3n) is 25.0. The molecule has 10 heterocycles. The Morgan fingerprint density at radius 3 is 0.825 bits per heavy atom. The fourth-order valence-corrected chi connectivity index (χ4v) is 22.4. The number of nitrogens with zero attached hydrogens (tertiary/aromatic N) is 5. The molecule has 3 amide bonds. The molecule has 740 valence electrons. The number of amides is 3. The lowest BCUT2D eigenvalue weighted by molar-refractivity contribution is 0.0688. The lowest BCUT2D eigenvalue weighted by Gasteiger charge is -2.32. The second-order valence-electron chi connectivity index (χ2n) is 34.5. The molecule has 40 heteroatoms. The van der Waals surface area contributed by atoms with Crippen molar-refractivity contribution >= 4 is 185 Å². The molecule has 20 rings (SSSR count). The molecule has 1 unspecified atom stereocenters. The number of allylic oxidation sites excluding steroid dienone is 2. The Kier molecular flexibility index (Phi) is 27.1. The summed E-state index contributed by atoms with van der Waals surface area (Å²) in [5.41, 5.74) is 14.0. The minimum Gasteiger partial charge on any atom is -0.478 e. The van der Waals surface area contributed by atoms with E-state index in [4.69, 9.17) is 22.1 Å². The van der Waals surface area contributed by atoms with E-state index in [9.17, 15) is 98.2 Å². The van der Waals surface area contributed by atoms with Gasteiger partial charge < -0.3 is 48.2 Å². The maximum absolute atomic E-state index is 13.4. The first-order chi connectivity index (χ1) is 67.4. The average Bonchev–Trinajstić information content (AvgIpc) is 1.65. The van der Waals surface area contributed by atoms with Crippen molar-refractivity contribution in [2.75, 3.05) is 107 Å². The van der Waals surface area contributed by atoms with Gasteiger partial charge in [-0.3, -0.25) is 35.9 Å². The van der Waals surface area contributed by atoms with E-state index < -0.39 is 85.3 Å². The molecule has 5 aliphatic heterocycles. The quantitative estimate of drug-likeness (QED) is 0.0595. The number of fused-ring (bicyclic) bond motifs is 10. The van der Waals surface area contributed by atoms with Crippen LogP contribution in [0, 0.1) is 29.1 Å². The van der Waals surface area contributed by atoms with E-state index in [1.54, 1.807) is 66.7 Å². The van der Waals surface area contributed by atoms with E-state index in [0.29, 0.717) is 189 Å². The van der Waals surface area contributed by atoms with Gasteiger partial charge in [-0.1, -0.05) is 32.2 Å². The smallest absolute Gasteiger partial charge is 0.340 e. The normalized spacial score (nSPS) is 14.7. The van der Waals surface area contributed by atoms with Crippen LogP contribution in [0.1, 0.15) is 126 Å². The fraction of sp³-hybridized carbons (Fsp3) is 0.194. The SMILES string of the molecule is C=C1CCN(S(C)(=O)=O)c2cc3oc(-c4ccc(F)cc4)c(C(=O)NC)c3cc21.C=C1CCN(S(C)(=O)=O)c2cc3oc(-c4ccc(F)cc4)c(C(=O)O)c3cc21.CC1=CCN(S(C)(=O)=O)c2cc3oc(-c4ccc(F)cc4)c(C(=O)O)c3cc21.CNC(=O)c1c(-c2ccc(F)cc2)oc2cc3c(cc12)C(C)=CCN3S(C)(=O)=O.CNC(=O)c1c(-c2ccc(F)cc2)oc2cc3c(cc12)C(C)CCN3S(C)(=O)=O. The molecule has 10 aromatic carbocycles. The Morgan fingerprint density at radius 1 is 0.336 bits per heavy atom. The minimum absolute atomic E-state index is 0.0475. The van der Waals surface area contributed by atoms with Crippen LogP contribution in [0.2, 0.25) is 0 Å². The summed E-state index contributed by atoms with van der Waals surface area (Å²) in [6, 6.07) is 44.2. The molecular formula is C103H91F5N8O22S5. The van der Waals surface area contributed by atoms with Crippen LogP contribution in [-0.2, 0) is 50.1 Å². The number of rotatable bonds is 15. The van der Waals surface area contributed by atoms with E-state index in [0.717, 1.165) is 52.9 Å². The highest BCUT2D eigenvalue weighted by molar-refractivity contribution is 7.93. The summed E-state index contributed by atoms with van der Waals surface area (Å²) < 4.78 is 225. The summed E-state index contributed by atoms with van der Waals surface area (Å²) in [6.07, 6.45) is 10.9. The summed E-state index contributed by atoms with van der Waals surface area (Å²) >= 11 is 0. The van der Waals surface area contributed by atoms with Gasteiger partial charge in [-0.15, -0.1) is 0 Å². The maximum atomic E-state index is 13.4. The number of hydrogen-bond donors (Lipinski definition) is 5. The number of carbonyl (C=O) groups is 5. The molecule has 5 N–H and O–H groups in total. The molecule has 0 aliphatic carbocycles. The minimum atomic E-state index is -3.52. The number of sulfonamides is 5. The van der Waals surface area contributed by atoms with Crippen LogP contribution in [0.3, 0.4) is 0 Å². The highest BCUT2D eigenvalue weighted by atomic mass is 32.2. The molecule has 0 saturated carbocycles. The number of benzene rings is 10. The van der Waals surface area contributed by atoms with E-state index in [2.05, 4.69) is 29.1 Å². The molecule has 143 heavy (non-hydrogen) atoms. The van der Waals surface area contributed by atoms with Gasteiger partial charge >= 0.3 is 11.9 Å². The lowest BCUT2D eigenvalue weighted by atomic mass is 9.91. The van der Waals surface area contributed by atoms with Crippen LogP contribution in [0.5, 0.6) is 0 Å². The summed E-state index contributed by atoms with van der Waals surface area (Å²) in [5, 5.41) is 29.8. The lowest BCUT2D eigenvalue weighted by Crippen LogP contribution is -2.35. The van der Waals surface area contributed by atoms with Crippen LogP contribution in [-0.4, -0.2) is 167 Å². The zero-order valence-corrected chi connectivity index (χ0v) is 82.4. The monoisotopic (exact) mass is 2050 g/mol. The molecule has 0 radical (unpaired) electrons. The van der Waals surface area contributed by atoms with Crippen molar-refractivity contribution in [2.24, 2.45) is 0 Å². The van der Waals surface area contributed by atoms with Gasteiger partial charge in [-0.2, -0.15) is 0 Å². The molecule has 5 aliphatic rings.